The average molecular weight is 271 g/mol. The topological polar surface area (TPSA) is 87.0 Å². The van der Waals surface area contributed by atoms with E-state index >= 15 is 0 Å². The number of esters is 1. The first-order valence-corrected chi connectivity index (χ1v) is 4.14. The Balaban J connectivity index is -0.0000000498. The Morgan fingerprint density at radius 2 is 1.50 bits per heavy atom. The van der Waals surface area contributed by atoms with E-state index in [1.54, 1.807) is 6.92 Å². The van der Waals surface area contributed by atoms with Crippen LogP contribution in [-0.2, 0) is 31.2 Å². The van der Waals surface area contributed by atoms with E-state index in [1.165, 1.54) is 0 Å². The van der Waals surface area contributed by atoms with Crippen molar-refractivity contribution in [1.82, 2.24) is 0 Å². The van der Waals surface area contributed by atoms with Crippen LogP contribution in [0.5, 0.6) is 0 Å². The molecule has 0 atom stereocenters. The van der Waals surface area contributed by atoms with Crippen LogP contribution in [0.1, 0.15) is 13.3 Å². The summed E-state index contributed by atoms with van der Waals surface area (Å²) in [5.41, 5.74) is 0.434. The molecule has 0 saturated carbocycles. The van der Waals surface area contributed by atoms with Gasteiger partial charge in [0.1, 0.15) is 0 Å². The average Bonchev–Trinajstić information content (AvgIpc) is 2.33. The first-order valence-electron chi connectivity index (χ1n) is 4.14. The number of aliphatic hydroxyl groups is 3. The van der Waals surface area contributed by atoms with Crippen molar-refractivity contribution in [2.24, 2.45) is 0 Å². The number of hydrogen-bond donors (Lipinski definition) is 3. The molecule has 0 bridgehead atoms. The molecule has 0 rings (SSSR count). The fourth-order valence-corrected chi connectivity index (χ4v) is 0.288. The molecular formula is C10H23O5Ti-. The van der Waals surface area contributed by atoms with E-state index in [2.05, 4.69) is 18.2 Å². The van der Waals surface area contributed by atoms with Crippen molar-refractivity contribution in [3.05, 3.63) is 19.1 Å². The molecule has 5 nitrogen and oxygen atoms in total. The summed E-state index contributed by atoms with van der Waals surface area (Å²) in [4.78, 5) is 10.6. The maximum Gasteiger partial charge on any atom is 0.333 e. The van der Waals surface area contributed by atoms with Crippen molar-refractivity contribution in [3.8, 4) is 0 Å². The molecular weight excluding hydrogens is 248 g/mol. The summed E-state index contributed by atoms with van der Waals surface area (Å²) in [6.45, 7) is 8.92. The van der Waals surface area contributed by atoms with Crippen LogP contribution >= 0.6 is 0 Å². The number of carbonyl (C=O) groups is 1. The standard InChI is InChI=1S/C7H11O2.3CH4O.Ti/c1-4-5-9-7(8)6(2)3;3*1-2;/h1-2,4-5H2,3H3;3*2H,1H3;/q-1;;;;. The first kappa shape index (κ1) is 29.7. The van der Waals surface area contributed by atoms with Crippen molar-refractivity contribution < 1.29 is 46.6 Å². The number of ether oxygens (including phenoxy) is 1. The Hall–Kier alpha value is -0.196. The Morgan fingerprint density at radius 3 is 1.69 bits per heavy atom. The van der Waals surface area contributed by atoms with Crippen LogP contribution in [0.25, 0.3) is 0 Å². The zero-order valence-corrected chi connectivity index (χ0v) is 12.0. The maximum absolute atomic E-state index is 10.6. The summed E-state index contributed by atoms with van der Waals surface area (Å²) in [6.07, 6.45) is 0.610. The van der Waals surface area contributed by atoms with Crippen LogP contribution < -0.4 is 0 Å². The van der Waals surface area contributed by atoms with Gasteiger partial charge < -0.3 is 27.0 Å². The minimum Gasteiger partial charge on any atom is -0.465 e. The van der Waals surface area contributed by atoms with E-state index < -0.39 is 0 Å². The van der Waals surface area contributed by atoms with Gasteiger partial charge in [-0.1, -0.05) is 6.58 Å². The summed E-state index contributed by atoms with van der Waals surface area (Å²) in [6, 6.07) is 0. The molecule has 0 amide bonds. The van der Waals surface area contributed by atoms with Gasteiger partial charge in [-0.15, -0.1) is 6.42 Å². The van der Waals surface area contributed by atoms with Gasteiger partial charge in [0.15, 0.2) is 0 Å². The minimum atomic E-state index is -0.335. The normalized spacial score (nSPS) is 6.00. The van der Waals surface area contributed by atoms with Crippen LogP contribution in [0.2, 0.25) is 0 Å². The van der Waals surface area contributed by atoms with Gasteiger partial charge in [-0.2, -0.15) is 0 Å². The monoisotopic (exact) mass is 271 g/mol. The van der Waals surface area contributed by atoms with Gasteiger partial charge >= 0.3 is 5.97 Å². The molecule has 0 saturated heterocycles. The van der Waals surface area contributed by atoms with Crippen LogP contribution in [-0.4, -0.2) is 49.2 Å². The Bertz CT molecular complexity index is 128. The van der Waals surface area contributed by atoms with E-state index in [1.807, 2.05) is 0 Å². The fraction of sp³-hybridized carbons (Fsp3) is 0.600. The Morgan fingerprint density at radius 1 is 1.19 bits per heavy atom. The predicted octanol–water partition coefficient (Wildman–Crippen LogP) is 0.153. The van der Waals surface area contributed by atoms with Gasteiger partial charge in [0.05, 0.1) is 6.61 Å². The number of carbonyl (C=O) groups excluding carboxylic acids is 1. The van der Waals surface area contributed by atoms with Crippen molar-refractivity contribution in [3.63, 3.8) is 0 Å². The molecule has 16 heavy (non-hydrogen) atoms. The molecule has 0 aromatic carbocycles. The van der Waals surface area contributed by atoms with Crippen molar-refractivity contribution in [2.75, 3.05) is 27.9 Å². The number of aliphatic hydroxyl groups excluding tert-OH is 3. The van der Waals surface area contributed by atoms with Crippen LogP contribution in [0.4, 0.5) is 0 Å². The molecule has 0 aliphatic rings. The van der Waals surface area contributed by atoms with E-state index in [0.717, 1.165) is 21.3 Å². The molecule has 0 aromatic heterocycles. The number of rotatable bonds is 3. The van der Waals surface area contributed by atoms with Crippen molar-refractivity contribution >= 4 is 5.97 Å². The van der Waals surface area contributed by atoms with Gasteiger partial charge in [-0.3, -0.25) is 0 Å². The summed E-state index contributed by atoms with van der Waals surface area (Å²) in [5, 5.41) is 21.0. The second-order valence-electron chi connectivity index (χ2n) is 1.77. The smallest absolute Gasteiger partial charge is 0.333 e. The van der Waals surface area contributed by atoms with Crippen LogP contribution in [0, 0.1) is 6.92 Å². The SMILES string of the molecule is C=C(C)C(=O)OCC[CH2-].CO.CO.CO.[Ti]. The molecule has 3 N–H and O–H groups in total. The number of hydrogen-bond acceptors (Lipinski definition) is 5. The van der Waals surface area contributed by atoms with Gasteiger partial charge in [0.25, 0.3) is 0 Å². The third-order valence-electron chi connectivity index (χ3n) is 0.726. The zero-order chi connectivity index (χ0) is 13.3. The van der Waals surface area contributed by atoms with Crippen molar-refractivity contribution in [1.29, 1.82) is 0 Å². The fourth-order valence-electron chi connectivity index (χ4n) is 0.288. The van der Waals surface area contributed by atoms with E-state index in [4.69, 9.17) is 15.3 Å². The molecule has 0 aliphatic carbocycles. The van der Waals surface area contributed by atoms with E-state index in [-0.39, 0.29) is 27.7 Å². The summed E-state index contributed by atoms with van der Waals surface area (Å²) >= 11 is 0. The van der Waals surface area contributed by atoms with Gasteiger partial charge in [-0.05, 0) is 6.92 Å². The minimum absolute atomic E-state index is 0. The van der Waals surface area contributed by atoms with Gasteiger partial charge in [-0.25, -0.2) is 4.79 Å². The second-order valence-corrected chi connectivity index (χ2v) is 1.77. The third kappa shape index (κ3) is 37.2. The first-order chi connectivity index (χ1) is 7.18. The molecule has 0 heterocycles. The zero-order valence-electron chi connectivity index (χ0n) is 10.5. The molecule has 0 fully saturated rings. The largest absolute Gasteiger partial charge is 0.465 e. The molecule has 0 aliphatic heterocycles. The summed E-state index contributed by atoms with van der Waals surface area (Å²) in [7, 11) is 3.00. The Kier molecular flexibility index (Phi) is 67.5. The maximum atomic E-state index is 10.6. The summed E-state index contributed by atoms with van der Waals surface area (Å²) in [5.74, 6) is -0.335. The third-order valence-corrected chi connectivity index (χ3v) is 0.726. The summed E-state index contributed by atoms with van der Waals surface area (Å²) < 4.78 is 4.65. The van der Waals surface area contributed by atoms with Gasteiger partial charge in [0.2, 0.25) is 0 Å². The molecule has 0 aromatic rings. The van der Waals surface area contributed by atoms with Crippen LogP contribution in [0.15, 0.2) is 12.2 Å². The molecule has 98 valence electrons. The second kappa shape index (κ2) is 36.4. The van der Waals surface area contributed by atoms with Crippen LogP contribution in [0.3, 0.4) is 0 Å². The van der Waals surface area contributed by atoms with E-state index in [0.29, 0.717) is 18.6 Å². The predicted molar refractivity (Wildman–Crippen MR) is 60.2 cm³/mol. The molecule has 0 unspecified atom stereocenters. The van der Waals surface area contributed by atoms with Gasteiger partial charge in [0, 0.05) is 48.6 Å². The van der Waals surface area contributed by atoms with E-state index in [9.17, 15) is 4.79 Å². The molecule has 0 spiro atoms. The van der Waals surface area contributed by atoms with Crippen molar-refractivity contribution in [2.45, 2.75) is 13.3 Å². The molecule has 6 heteroatoms. The quantitative estimate of drug-likeness (QED) is 0.294. The Labute approximate surface area is 113 Å². The molecule has 0 radical (unpaired) electrons.